The van der Waals surface area contributed by atoms with Gasteiger partial charge in [0, 0.05) is 30.2 Å². The fourth-order valence-corrected chi connectivity index (χ4v) is 2.92. The number of aryl methyl sites for hydroxylation is 2. The molecule has 1 aromatic carbocycles. The summed E-state index contributed by atoms with van der Waals surface area (Å²) in [6.07, 6.45) is 1.64. The predicted octanol–water partition coefficient (Wildman–Crippen LogP) is 3.71. The monoisotopic (exact) mass is 381 g/mol. The van der Waals surface area contributed by atoms with Gasteiger partial charge in [-0.2, -0.15) is 0 Å². The Hall–Kier alpha value is -3.09. The van der Waals surface area contributed by atoms with Crippen molar-refractivity contribution in [2.75, 3.05) is 6.54 Å². The van der Waals surface area contributed by atoms with Crippen molar-refractivity contribution in [3.8, 4) is 11.3 Å². The van der Waals surface area contributed by atoms with Gasteiger partial charge in [-0.25, -0.2) is 4.99 Å². The van der Waals surface area contributed by atoms with E-state index in [4.69, 9.17) is 9.05 Å². The first kappa shape index (κ1) is 19.7. The van der Waals surface area contributed by atoms with Crippen molar-refractivity contribution in [2.24, 2.45) is 4.99 Å². The number of benzene rings is 1. The highest BCUT2D eigenvalue weighted by Gasteiger charge is 2.13. The summed E-state index contributed by atoms with van der Waals surface area (Å²) in [7, 11) is 0. The highest BCUT2D eigenvalue weighted by molar-refractivity contribution is 5.79. The van der Waals surface area contributed by atoms with Crippen molar-refractivity contribution in [1.29, 1.82) is 0 Å². The third-order valence-electron chi connectivity index (χ3n) is 4.40. The van der Waals surface area contributed by atoms with Crippen molar-refractivity contribution in [1.82, 2.24) is 20.9 Å². The lowest BCUT2D eigenvalue weighted by Crippen LogP contribution is -2.36. The van der Waals surface area contributed by atoms with Crippen LogP contribution in [-0.2, 0) is 25.9 Å². The number of hydrogen-bond donors (Lipinski definition) is 2. The van der Waals surface area contributed by atoms with E-state index in [-0.39, 0.29) is 0 Å². The molecule has 2 N–H and O–H groups in total. The topological polar surface area (TPSA) is 88.5 Å². The van der Waals surface area contributed by atoms with Crippen LogP contribution in [0.25, 0.3) is 11.3 Å². The summed E-state index contributed by atoms with van der Waals surface area (Å²) in [5.41, 5.74) is 3.88. The standard InChI is InChI=1S/C21H27N5O2/c1-4-18-17(19(5-2)27-26-18)14-24-21(22-6-3)23-13-16-12-20(28-25-16)15-10-8-7-9-11-15/h7-12H,4-6,13-14H2,1-3H3,(H2,22,23,24). The molecular weight excluding hydrogens is 354 g/mol. The summed E-state index contributed by atoms with van der Waals surface area (Å²) in [6.45, 7) is 7.99. The van der Waals surface area contributed by atoms with Gasteiger partial charge in [0.1, 0.15) is 11.5 Å². The molecule has 0 aliphatic heterocycles. The molecule has 0 amide bonds. The molecule has 0 atom stereocenters. The fraction of sp³-hybridized carbons (Fsp3) is 0.381. The second-order valence-corrected chi connectivity index (χ2v) is 6.34. The normalized spacial score (nSPS) is 11.6. The second-order valence-electron chi connectivity index (χ2n) is 6.34. The maximum atomic E-state index is 5.45. The highest BCUT2D eigenvalue weighted by Crippen LogP contribution is 2.19. The van der Waals surface area contributed by atoms with Crippen molar-refractivity contribution < 1.29 is 9.05 Å². The lowest BCUT2D eigenvalue weighted by atomic mass is 10.1. The second kappa shape index (κ2) is 9.73. The molecule has 0 saturated carbocycles. The molecule has 0 aliphatic carbocycles. The lowest BCUT2D eigenvalue weighted by Gasteiger charge is -2.10. The molecule has 7 heteroatoms. The Kier molecular flexibility index (Phi) is 6.84. The quantitative estimate of drug-likeness (QED) is 0.457. The van der Waals surface area contributed by atoms with Crippen LogP contribution < -0.4 is 10.6 Å². The number of aromatic nitrogens is 2. The smallest absolute Gasteiger partial charge is 0.191 e. The number of nitrogens with one attached hydrogen (secondary N) is 2. The van der Waals surface area contributed by atoms with E-state index in [0.717, 1.165) is 59.4 Å². The third-order valence-corrected chi connectivity index (χ3v) is 4.40. The Balaban J connectivity index is 1.66. The molecule has 0 bridgehead atoms. The molecule has 0 unspecified atom stereocenters. The lowest BCUT2D eigenvalue weighted by molar-refractivity contribution is 0.380. The first-order valence-electron chi connectivity index (χ1n) is 9.74. The molecular formula is C21H27N5O2. The maximum absolute atomic E-state index is 5.45. The first-order valence-corrected chi connectivity index (χ1v) is 9.74. The summed E-state index contributed by atoms with van der Waals surface area (Å²) in [5.74, 6) is 2.38. The summed E-state index contributed by atoms with van der Waals surface area (Å²) in [5, 5.41) is 14.9. The minimum atomic E-state index is 0.521. The van der Waals surface area contributed by atoms with E-state index in [1.165, 1.54) is 0 Å². The van der Waals surface area contributed by atoms with Crippen LogP contribution in [-0.4, -0.2) is 22.8 Å². The molecule has 0 spiro atoms. The van der Waals surface area contributed by atoms with Crippen LogP contribution >= 0.6 is 0 Å². The van der Waals surface area contributed by atoms with Crippen LogP contribution in [0.5, 0.6) is 0 Å². The van der Waals surface area contributed by atoms with Crippen molar-refractivity contribution in [3.63, 3.8) is 0 Å². The van der Waals surface area contributed by atoms with E-state index in [9.17, 15) is 0 Å². The highest BCUT2D eigenvalue weighted by atomic mass is 16.5. The maximum Gasteiger partial charge on any atom is 0.191 e. The van der Waals surface area contributed by atoms with Crippen LogP contribution in [0.4, 0.5) is 0 Å². The molecule has 3 rings (SSSR count). The predicted molar refractivity (Wildman–Crippen MR) is 109 cm³/mol. The Bertz CT molecular complexity index is 877. The van der Waals surface area contributed by atoms with Gasteiger partial charge in [-0.3, -0.25) is 0 Å². The zero-order valence-corrected chi connectivity index (χ0v) is 16.7. The Morgan fingerprint density at radius 2 is 1.82 bits per heavy atom. The SMILES string of the molecule is CCNC(=NCc1c(CC)noc1CC)NCc1cc(-c2ccccc2)on1. The minimum Gasteiger partial charge on any atom is -0.361 e. The fourth-order valence-electron chi connectivity index (χ4n) is 2.92. The zero-order valence-electron chi connectivity index (χ0n) is 16.7. The van der Waals surface area contributed by atoms with E-state index in [1.807, 2.05) is 43.3 Å². The summed E-state index contributed by atoms with van der Waals surface area (Å²) in [6, 6.07) is 11.9. The molecule has 28 heavy (non-hydrogen) atoms. The number of nitrogens with zero attached hydrogens (tertiary/aromatic N) is 3. The largest absolute Gasteiger partial charge is 0.361 e. The molecule has 0 radical (unpaired) electrons. The molecule has 3 aromatic rings. The molecule has 148 valence electrons. The van der Waals surface area contributed by atoms with E-state index in [0.29, 0.717) is 13.1 Å². The van der Waals surface area contributed by atoms with Gasteiger partial charge in [0.15, 0.2) is 11.7 Å². The van der Waals surface area contributed by atoms with Crippen LogP contribution in [0.2, 0.25) is 0 Å². The number of aliphatic imine (C=N–C) groups is 1. The Morgan fingerprint density at radius 3 is 2.54 bits per heavy atom. The van der Waals surface area contributed by atoms with Gasteiger partial charge in [-0.1, -0.05) is 54.5 Å². The first-order chi connectivity index (χ1) is 13.7. The van der Waals surface area contributed by atoms with E-state index in [2.05, 4.69) is 39.8 Å². The molecule has 0 fully saturated rings. The van der Waals surface area contributed by atoms with Gasteiger partial charge < -0.3 is 19.7 Å². The number of hydrogen-bond acceptors (Lipinski definition) is 5. The van der Waals surface area contributed by atoms with Crippen LogP contribution in [0, 0.1) is 0 Å². The minimum absolute atomic E-state index is 0.521. The zero-order chi connectivity index (χ0) is 19.8. The summed E-state index contributed by atoms with van der Waals surface area (Å²) in [4.78, 5) is 4.69. The van der Waals surface area contributed by atoms with Gasteiger partial charge in [0.2, 0.25) is 0 Å². The van der Waals surface area contributed by atoms with Gasteiger partial charge in [-0.15, -0.1) is 0 Å². The third kappa shape index (κ3) is 4.79. The average Bonchev–Trinajstić information content (AvgIpc) is 3.37. The van der Waals surface area contributed by atoms with Crippen LogP contribution in [0.1, 0.15) is 43.5 Å². The summed E-state index contributed by atoms with van der Waals surface area (Å²) >= 11 is 0. The number of rotatable bonds is 8. The van der Waals surface area contributed by atoms with E-state index >= 15 is 0 Å². The molecule has 7 nitrogen and oxygen atoms in total. The van der Waals surface area contributed by atoms with Crippen molar-refractivity contribution in [2.45, 2.75) is 46.7 Å². The molecule has 0 aliphatic rings. The molecule has 0 saturated heterocycles. The molecule has 2 aromatic heterocycles. The Morgan fingerprint density at radius 1 is 1.00 bits per heavy atom. The van der Waals surface area contributed by atoms with Crippen LogP contribution in [0.15, 0.2) is 50.4 Å². The molecule has 2 heterocycles. The van der Waals surface area contributed by atoms with E-state index < -0.39 is 0 Å². The van der Waals surface area contributed by atoms with Crippen molar-refractivity contribution in [3.05, 3.63) is 59.1 Å². The van der Waals surface area contributed by atoms with Gasteiger partial charge in [0.05, 0.1) is 18.8 Å². The van der Waals surface area contributed by atoms with Crippen molar-refractivity contribution >= 4 is 5.96 Å². The summed E-state index contributed by atoms with van der Waals surface area (Å²) < 4.78 is 10.9. The van der Waals surface area contributed by atoms with Gasteiger partial charge in [-0.05, 0) is 13.3 Å². The van der Waals surface area contributed by atoms with Gasteiger partial charge in [0.25, 0.3) is 0 Å². The number of guanidine groups is 1. The van der Waals surface area contributed by atoms with Crippen LogP contribution in [0.3, 0.4) is 0 Å². The Labute approximate surface area is 165 Å². The van der Waals surface area contributed by atoms with Gasteiger partial charge >= 0.3 is 0 Å². The van der Waals surface area contributed by atoms with E-state index in [1.54, 1.807) is 0 Å². The average molecular weight is 381 g/mol.